The lowest BCUT2D eigenvalue weighted by atomic mass is 9.95. The second kappa shape index (κ2) is 7.26. The van der Waals surface area contributed by atoms with Crippen LogP contribution in [0.5, 0.6) is 0 Å². The van der Waals surface area contributed by atoms with E-state index in [-0.39, 0.29) is 11.8 Å². The van der Waals surface area contributed by atoms with Crippen molar-refractivity contribution in [1.29, 1.82) is 0 Å². The van der Waals surface area contributed by atoms with E-state index >= 15 is 0 Å². The van der Waals surface area contributed by atoms with E-state index in [4.69, 9.17) is 0 Å². The molecule has 3 nitrogen and oxygen atoms in total. The van der Waals surface area contributed by atoms with Crippen molar-refractivity contribution in [1.82, 2.24) is 0 Å². The molecule has 3 rings (SSSR count). The minimum Gasteiger partial charge on any atom is -0.326 e. The smallest absolute Gasteiger partial charge is 0.231 e. The van der Waals surface area contributed by atoms with Crippen LogP contribution in [0.1, 0.15) is 42.9 Å². The first-order chi connectivity index (χ1) is 11.7. The van der Waals surface area contributed by atoms with Crippen molar-refractivity contribution in [3.8, 4) is 0 Å². The van der Waals surface area contributed by atoms with Crippen LogP contribution in [-0.2, 0) is 4.79 Å². The molecular formula is C21H22N2O. The topological polar surface area (TPSA) is 41.5 Å². The van der Waals surface area contributed by atoms with Gasteiger partial charge < -0.3 is 5.32 Å². The molecule has 3 heteroatoms. The molecule has 0 aromatic heterocycles. The van der Waals surface area contributed by atoms with Crippen LogP contribution in [0.25, 0.3) is 6.08 Å². The fraction of sp³-hybridized carbons (Fsp3) is 0.238. The van der Waals surface area contributed by atoms with Gasteiger partial charge in [0.2, 0.25) is 5.91 Å². The van der Waals surface area contributed by atoms with E-state index in [1.54, 1.807) is 0 Å². The summed E-state index contributed by atoms with van der Waals surface area (Å²) in [4.78, 5) is 17.2. The van der Waals surface area contributed by atoms with Gasteiger partial charge in [-0.2, -0.15) is 0 Å². The zero-order valence-corrected chi connectivity index (χ0v) is 14.1. The second-order valence-corrected chi connectivity index (χ2v) is 5.99. The summed E-state index contributed by atoms with van der Waals surface area (Å²) in [5, 5.41) is 3.06. The van der Waals surface area contributed by atoms with Crippen LogP contribution in [0.4, 0.5) is 5.69 Å². The third kappa shape index (κ3) is 3.46. The number of nitrogens with one attached hydrogen (secondary N) is 1. The first-order valence-electron chi connectivity index (χ1n) is 8.37. The largest absolute Gasteiger partial charge is 0.326 e. The highest BCUT2D eigenvalue weighted by Crippen LogP contribution is 2.24. The Kier molecular flexibility index (Phi) is 4.90. The van der Waals surface area contributed by atoms with Crippen LogP contribution in [0.2, 0.25) is 0 Å². The molecule has 0 spiro atoms. The predicted octanol–water partition coefficient (Wildman–Crippen LogP) is 4.65. The van der Waals surface area contributed by atoms with Gasteiger partial charge in [0.25, 0.3) is 0 Å². The van der Waals surface area contributed by atoms with Crippen molar-refractivity contribution in [3.05, 3.63) is 71.3 Å². The van der Waals surface area contributed by atoms with Crippen LogP contribution in [0.3, 0.4) is 0 Å². The van der Waals surface area contributed by atoms with Crippen LogP contribution in [0, 0.1) is 0 Å². The molecule has 1 aliphatic heterocycles. The highest BCUT2D eigenvalue weighted by atomic mass is 16.1. The van der Waals surface area contributed by atoms with Gasteiger partial charge in [0.05, 0.1) is 12.5 Å². The maximum atomic E-state index is 12.7. The lowest BCUT2D eigenvalue weighted by Crippen LogP contribution is -2.20. The number of carbonyl (C=O) groups excluding carboxylic acids is 1. The van der Waals surface area contributed by atoms with E-state index in [1.807, 2.05) is 62.4 Å². The summed E-state index contributed by atoms with van der Waals surface area (Å²) in [6, 6.07) is 15.9. The molecule has 0 fully saturated rings. The first kappa shape index (κ1) is 16.2. The zero-order chi connectivity index (χ0) is 16.9. The lowest BCUT2D eigenvalue weighted by Gasteiger charge is -2.16. The van der Waals surface area contributed by atoms with Crippen molar-refractivity contribution in [2.45, 2.75) is 26.2 Å². The Morgan fingerprint density at radius 2 is 2.00 bits per heavy atom. The summed E-state index contributed by atoms with van der Waals surface area (Å²) in [5.74, 6) is -0.109. The molecule has 1 atom stereocenters. The summed E-state index contributed by atoms with van der Waals surface area (Å²) in [5.41, 5.74) is 5.09. The molecule has 0 radical (unpaired) electrons. The zero-order valence-electron chi connectivity index (χ0n) is 14.1. The van der Waals surface area contributed by atoms with Gasteiger partial charge in [0.1, 0.15) is 0 Å². The number of fused-ring (bicyclic) bond motifs is 1. The molecule has 0 unspecified atom stereocenters. The average Bonchev–Trinajstić information content (AvgIpc) is 2.78. The van der Waals surface area contributed by atoms with E-state index in [0.717, 1.165) is 34.5 Å². The molecule has 1 heterocycles. The maximum absolute atomic E-state index is 12.7. The van der Waals surface area contributed by atoms with E-state index in [9.17, 15) is 4.79 Å². The minimum atomic E-state index is -0.139. The van der Waals surface area contributed by atoms with Crippen molar-refractivity contribution in [3.63, 3.8) is 0 Å². The van der Waals surface area contributed by atoms with Gasteiger partial charge in [0, 0.05) is 17.0 Å². The number of hydrogen-bond donors (Lipinski definition) is 1. The first-order valence-corrected chi connectivity index (χ1v) is 8.37. The van der Waals surface area contributed by atoms with Crippen molar-refractivity contribution >= 4 is 23.4 Å². The number of rotatable bonds is 4. The van der Waals surface area contributed by atoms with Gasteiger partial charge in [-0.3, -0.25) is 9.79 Å². The van der Waals surface area contributed by atoms with Gasteiger partial charge in [-0.25, -0.2) is 0 Å². The van der Waals surface area contributed by atoms with Crippen LogP contribution in [0.15, 0.2) is 59.6 Å². The molecule has 0 aliphatic carbocycles. The number of amides is 1. The molecular weight excluding hydrogens is 296 g/mol. The Hall–Kier alpha value is -2.68. The van der Waals surface area contributed by atoms with Crippen molar-refractivity contribution in [2.75, 3.05) is 11.9 Å². The quantitative estimate of drug-likeness (QED) is 0.875. The van der Waals surface area contributed by atoms with Crippen LogP contribution in [-0.4, -0.2) is 18.2 Å². The second-order valence-electron chi connectivity index (χ2n) is 5.99. The normalized spacial score (nSPS) is 14.3. The molecule has 0 saturated heterocycles. The monoisotopic (exact) mass is 318 g/mol. The Balaban J connectivity index is 1.83. The van der Waals surface area contributed by atoms with Crippen molar-refractivity contribution < 1.29 is 4.79 Å². The standard InChI is InChI=1S/C21H22N2O/c1-3-19(16-8-5-4-6-9-16)21(24)23-18-12-11-17-10-7-13-22-15(2)20(17)14-18/h4-12,14,19H,3,13H2,1-2H3,(H,23,24)/t19-/m1/s1. The van der Waals surface area contributed by atoms with Crippen LogP contribution < -0.4 is 5.32 Å². The Bertz CT molecular complexity index is 791. The third-order valence-electron chi connectivity index (χ3n) is 4.37. The summed E-state index contributed by atoms with van der Waals surface area (Å²) in [6.07, 6.45) is 4.90. The maximum Gasteiger partial charge on any atom is 0.231 e. The lowest BCUT2D eigenvalue weighted by molar-refractivity contribution is -0.117. The Morgan fingerprint density at radius 3 is 2.75 bits per heavy atom. The summed E-state index contributed by atoms with van der Waals surface area (Å²) in [7, 11) is 0. The van der Waals surface area contributed by atoms with Gasteiger partial charge in [-0.05, 0) is 36.6 Å². The van der Waals surface area contributed by atoms with Gasteiger partial charge in [-0.1, -0.05) is 55.5 Å². The van der Waals surface area contributed by atoms with Crippen molar-refractivity contribution in [2.24, 2.45) is 4.99 Å². The molecule has 24 heavy (non-hydrogen) atoms. The number of aliphatic imine (C=N–C) groups is 1. The van der Waals surface area contributed by atoms with E-state index in [2.05, 4.69) is 22.5 Å². The van der Waals surface area contributed by atoms with E-state index < -0.39 is 0 Å². The fourth-order valence-electron chi connectivity index (χ4n) is 3.03. The molecule has 0 saturated carbocycles. The number of carbonyl (C=O) groups is 1. The Labute approximate surface area is 143 Å². The molecule has 122 valence electrons. The average molecular weight is 318 g/mol. The van der Waals surface area contributed by atoms with Gasteiger partial charge in [0.15, 0.2) is 0 Å². The fourth-order valence-corrected chi connectivity index (χ4v) is 3.03. The van der Waals surface area contributed by atoms with Crippen LogP contribution >= 0.6 is 0 Å². The van der Waals surface area contributed by atoms with E-state index in [0.29, 0.717) is 6.54 Å². The SMILES string of the molecule is CC[C@@H](C(=O)Nc1ccc2c(c1)C(C)=NCC=C2)c1ccccc1. The molecule has 1 amide bonds. The summed E-state index contributed by atoms with van der Waals surface area (Å²) < 4.78 is 0. The third-order valence-corrected chi connectivity index (χ3v) is 4.37. The highest BCUT2D eigenvalue weighted by Gasteiger charge is 2.19. The summed E-state index contributed by atoms with van der Waals surface area (Å²) >= 11 is 0. The van der Waals surface area contributed by atoms with Gasteiger partial charge in [-0.15, -0.1) is 0 Å². The molecule has 2 aromatic carbocycles. The predicted molar refractivity (Wildman–Crippen MR) is 101 cm³/mol. The number of hydrogen-bond acceptors (Lipinski definition) is 2. The van der Waals surface area contributed by atoms with Gasteiger partial charge >= 0.3 is 0 Å². The molecule has 0 bridgehead atoms. The molecule has 1 N–H and O–H groups in total. The Morgan fingerprint density at radius 1 is 1.21 bits per heavy atom. The number of anilines is 1. The summed E-state index contributed by atoms with van der Waals surface area (Å²) in [6.45, 7) is 4.75. The number of benzene rings is 2. The van der Waals surface area contributed by atoms with E-state index in [1.165, 1.54) is 0 Å². The molecule has 2 aromatic rings. The highest BCUT2D eigenvalue weighted by molar-refractivity contribution is 6.04. The minimum absolute atomic E-state index is 0.0300. The molecule has 1 aliphatic rings. The number of nitrogens with zero attached hydrogens (tertiary/aromatic N) is 1.